The van der Waals surface area contributed by atoms with Crippen LogP contribution in [-0.2, 0) is 9.59 Å². The van der Waals surface area contributed by atoms with E-state index in [4.69, 9.17) is 5.11 Å². The molecule has 0 bridgehead atoms. The number of hydrogen-bond donors (Lipinski definition) is 1. The first-order valence-corrected chi connectivity index (χ1v) is 11.7. The number of allylic oxidation sites excluding steroid dienone is 3. The molecule has 1 aromatic rings. The number of aldehydes is 1. The van der Waals surface area contributed by atoms with E-state index in [1.807, 2.05) is 30.3 Å². The number of rotatable bonds is 17. The minimum Gasteiger partial charge on any atom is -0.481 e. The molecule has 0 aliphatic rings. The highest BCUT2D eigenvalue weighted by molar-refractivity contribution is 5.73. The summed E-state index contributed by atoms with van der Waals surface area (Å²) in [5.41, 5.74) is 1.05. The van der Waals surface area contributed by atoms with Crippen molar-refractivity contribution >= 4 is 18.3 Å². The maximum absolute atomic E-state index is 10.3. The van der Waals surface area contributed by atoms with Crippen LogP contribution >= 0.6 is 0 Å². The van der Waals surface area contributed by atoms with Crippen LogP contribution in [0.3, 0.4) is 0 Å². The van der Waals surface area contributed by atoms with Crippen LogP contribution in [0.25, 0.3) is 6.08 Å². The van der Waals surface area contributed by atoms with E-state index in [0.29, 0.717) is 6.42 Å². The van der Waals surface area contributed by atoms with Gasteiger partial charge >= 0.3 is 5.97 Å². The number of hydrogen-bond acceptors (Lipinski definition) is 2. The number of unbranched alkanes of at least 4 members (excludes halogenated alkanes) is 11. The molecule has 1 rings (SSSR count). The molecule has 0 atom stereocenters. The molecule has 0 aromatic heterocycles. The molecule has 3 nitrogen and oxygen atoms in total. The molecule has 0 amide bonds. The fourth-order valence-corrected chi connectivity index (χ4v) is 3.06. The van der Waals surface area contributed by atoms with Crippen LogP contribution < -0.4 is 0 Å². The second-order valence-electron chi connectivity index (χ2n) is 7.63. The third-order valence-corrected chi connectivity index (χ3v) is 4.82. The van der Waals surface area contributed by atoms with Crippen LogP contribution in [0.2, 0.25) is 0 Å². The number of aliphatic carboxylic acids is 1. The lowest BCUT2D eigenvalue weighted by Gasteiger charge is -1.99. The average Bonchev–Trinajstić information content (AvgIpc) is 2.76. The normalized spacial score (nSPS) is 10.8. The fourth-order valence-electron chi connectivity index (χ4n) is 3.06. The van der Waals surface area contributed by atoms with E-state index < -0.39 is 5.97 Å². The molecule has 0 heterocycles. The Hall–Kier alpha value is -2.16. The summed E-state index contributed by atoms with van der Waals surface area (Å²) >= 11 is 0. The summed E-state index contributed by atoms with van der Waals surface area (Å²) in [4.78, 5) is 20.2. The third-order valence-electron chi connectivity index (χ3n) is 4.82. The highest BCUT2D eigenvalue weighted by Crippen LogP contribution is 2.09. The SMILES string of the molecule is CCCCCCCC/C=C\CCCCCCCC(=O)O.O=C/C=C/c1ccccc1. The molecule has 30 heavy (non-hydrogen) atoms. The zero-order valence-electron chi connectivity index (χ0n) is 18.9. The van der Waals surface area contributed by atoms with Crippen molar-refractivity contribution in [1.29, 1.82) is 0 Å². The summed E-state index contributed by atoms with van der Waals surface area (Å²) in [6, 6.07) is 9.70. The van der Waals surface area contributed by atoms with Crippen LogP contribution in [0.4, 0.5) is 0 Å². The maximum Gasteiger partial charge on any atom is 0.303 e. The van der Waals surface area contributed by atoms with E-state index in [2.05, 4.69) is 19.1 Å². The Morgan fingerprint density at radius 2 is 1.33 bits per heavy atom. The number of carboxylic acid groups (broad SMARTS) is 1. The van der Waals surface area contributed by atoms with Crippen LogP contribution in [0, 0.1) is 0 Å². The molecule has 0 spiro atoms. The van der Waals surface area contributed by atoms with Crippen LogP contribution in [0.1, 0.15) is 102 Å². The van der Waals surface area contributed by atoms with E-state index in [1.54, 1.807) is 6.08 Å². The molecule has 0 saturated heterocycles. The van der Waals surface area contributed by atoms with E-state index in [9.17, 15) is 9.59 Å². The zero-order chi connectivity index (χ0) is 22.1. The summed E-state index contributed by atoms with van der Waals surface area (Å²) < 4.78 is 0. The first kappa shape index (κ1) is 27.8. The lowest BCUT2D eigenvalue weighted by Crippen LogP contribution is -1.93. The van der Waals surface area contributed by atoms with Gasteiger partial charge in [0, 0.05) is 6.42 Å². The summed E-state index contributed by atoms with van der Waals surface area (Å²) in [7, 11) is 0. The summed E-state index contributed by atoms with van der Waals surface area (Å²) in [6.45, 7) is 2.26. The quantitative estimate of drug-likeness (QED) is 0.121. The predicted octanol–water partition coefficient (Wildman–Crippen LogP) is 8.01. The van der Waals surface area contributed by atoms with Gasteiger partial charge in [0.05, 0.1) is 0 Å². The standard InChI is InChI=1S/C18H34O2.C9H8O/c1-2-3-4-5-6-7-8-9-10-11-12-13-14-15-16-17-18(19)20;10-8-4-7-9-5-2-1-3-6-9/h9-10H,2-8,11-17H2,1H3,(H,19,20);1-8H/b10-9-;7-4+. The molecule has 0 aliphatic carbocycles. The van der Waals surface area contributed by atoms with E-state index in [-0.39, 0.29) is 0 Å². The molecule has 0 radical (unpaired) electrons. The highest BCUT2D eigenvalue weighted by atomic mass is 16.4. The predicted molar refractivity (Wildman–Crippen MR) is 129 cm³/mol. The third kappa shape index (κ3) is 22.1. The van der Waals surface area contributed by atoms with Gasteiger partial charge < -0.3 is 5.11 Å². The first-order chi connectivity index (χ1) is 14.7. The first-order valence-electron chi connectivity index (χ1n) is 11.7. The molecule has 0 unspecified atom stereocenters. The van der Waals surface area contributed by atoms with Gasteiger partial charge in [0.1, 0.15) is 6.29 Å². The van der Waals surface area contributed by atoms with Crippen molar-refractivity contribution in [3.8, 4) is 0 Å². The second kappa shape index (κ2) is 23.1. The molecule has 1 aromatic carbocycles. The monoisotopic (exact) mass is 414 g/mol. The van der Waals surface area contributed by atoms with Crippen molar-refractivity contribution in [3.63, 3.8) is 0 Å². The van der Waals surface area contributed by atoms with Gasteiger partial charge in [-0.2, -0.15) is 0 Å². The van der Waals surface area contributed by atoms with Crippen molar-refractivity contribution in [2.75, 3.05) is 0 Å². The van der Waals surface area contributed by atoms with Crippen molar-refractivity contribution in [2.45, 2.75) is 96.8 Å². The van der Waals surface area contributed by atoms with Crippen molar-refractivity contribution in [2.24, 2.45) is 0 Å². The van der Waals surface area contributed by atoms with Crippen molar-refractivity contribution in [3.05, 3.63) is 54.1 Å². The lowest BCUT2D eigenvalue weighted by atomic mass is 10.1. The summed E-state index contributed by atoms with van der Waals surface area (Å²) in [5.74, 6) is -0.664. The molecule has 0 fully saturated rings. The maximum atomic E-state index is 10.3. The van der Waals surface area contributed by atoms with Crippen molar-refractivity contribution in [1.82, 2.24) is 0 Å². The Morgan fingerprint density at radius 1 is 0.800 bits per heavy atom. The average molecular weight is 415 g/mol. The largest absolute Gasteiger partial charge is 0.481 e. The Bertz CT molecular complexity index is 561. The van der Waals surface area contributed by atoms with Gasteiger partial charge in [-0.05, 0) is 43.7 Å². The molecule has 0 saturated carbocycles. The number of benzene rings is 1. The fraction of sp³-hybridized carbons (Fsp3) is 0.556. The Labute approximate surface area is 184 Å². The van der Waals surface area contributed by atoms with E-state index in [1.165, 1.54) is 76.7 Å². The summed E-state index contributed by atoms with van der Waals surface area (Å²) in [5, 5.41) is 8.51. The molecule has 168 valence electrons. The van der Waals surface area contributed by atoms with Crippen LogP contribution in [0.15, 0.2) is 48.6 Å². The minimum absolute atomic E-state index is 0.332. The second-order valence-corrected chi connectivity index (χ2v) is 7.63. The van der Waals surface area contributed by atoms with Crippen LogP contribution in [-0.4, -0.2) is 17.4 Å². The lowest BCUT2D eigenvalue weighted by molar-refractivity contribution is -0.137. The highest BCUT2D eigenvalue weighted by Gasteiger charge is 1.95. The molecule has 1 N–H and O–H groups in total. The van der Waals surface area contributed by atoms with Gasteiger partial charge in [0.25, 0.3) is 0 Å². The van der Waals surface area contributed by atoms with Crippen LogP contribution in [0.5, 0.6) is 0 Å². The Morgan fingerprint density at radius 3 is 1.87 bits per heavy atom. The zero-order valence-corrected chi connectivity index (χ0v) is 18.9. The Kier molecular flexibility index (Phi) is 21.5. The minimum atomic E-state index is -0.664. The summed E-state index contributed by atoms with van der Waals surface area (Å²) in [6.07, 6.45) is 25.3. The van der Waals surface area contributed by atoms with Gasteiger partial charge in [0.2, 0.25) is 0 Å². The van der Waals surface area contributed by atoms with E-state index >= 15 is 0 Å². The number of carboxylic acids is 1. The molecular formula is C27H42O3. The smallest absolute Gasteiger partial charge is 0.303 e. The molecule has 3 heteroatoms. The molecule has 0 aliphatic heterocycles. The topological polar surface area (TPSA) is 54.4 Å². The van der Waals surface area contributed by atoms with Gasteiger partial charge in [-0.25, -0.2) is 0 Å². The van der Waals surface area contributed by atoms with Gasteiger partial charge in [0.15, 0.2) is 0 Å². The van der Waals surface area contributed by atoms with Gasteiger partial charge in [-0.1, -0.05) is 107 Å². The number of carbonyl (C=O) groups is 2. The Balaban J connectivity index is 0.000000696. The van der Waals surface area contributed by atoms with E-state index in [0.717, 1.165) is 24.7 Å². The van der Waals surface area contributed by atoms with Crippen molar-refractivity contribution < 1.29 is 14.7 Å². The molecular weight excluding hydrogens is 372 g/mol. The number of carbonyl (C=O) groups excluding carboxylic acids is 1. The van der Waals surface area contributed by atoms with Gasteiger partial charge in [-0.15, -0.1) is 0 Å². The van der Waals surface area contributed by atoms with Gasteiger partial charge in [-0.3, -0.25) is 9.59 Å².